The summed E-state index contributed by atoms with van der Waals surface area (Å²) in [7, 11) is -4.64. The monoisotopic (exact) mass is 688 g/mol. The van der Waals surface area contributed by atoms with Gasteiger partial charge in [-0.2, -0.15) is 19.3 Å². The van der Waals surface area contributed by atoms with Gasteiger partial charge in [-0.05, 0) is 62.8 Å². The molecule has 16 heteroatoms. The molecule has 1 atom stereocenters. The van der Waals surface area contributed by atoms with E-state index >= 15 is 0 Å². The van der Waals surface area contributed by atoms with Crippen molar-refractivity contribution >= 4 is 50.6 Å². The first-order chi connectivity index (χ1) is 22.2. The van der Waals surface area contributed by atoms with E-state index in [1.807, 2.05) is 13.8 Å². The van der Waals surface area contributed by atoms with E-state index in [4.69, 9.17) is 14.9 Å². The molecule has 0 unspecified atom stereocenters. The molecule has 3 aromatic rings. The van der Waals surface area contributed by atoms with Crippen molar-refractivity contribution in [3.8, 4) is 0 Å². The first-order valence-electron chi connectivity index (χ1n) is 15.1. The van der Waals surface area contributed by atoms with Crippen molar-refractivity contribution in [2.24, 2.45) is 5.92 Å². The molecule has 0 saturated heterocycles. The number of aryl methyl sites for hydroxylation is 1. The van der Waals surface area contributed by atoms with Gasteiger partial charge in [-0.1, -0.05) is 38.1 Å². The third kappa shape index (κ3) is 10.9. The van der Waals surface area contributed by atoms with Crippen LogP contribution in [0, 0.1) is 12.8 Å². The molecule has 3 rings (SSSR count). The second kappa shape index (κ2) is 15.4. The van der Waals surface area contributed by atoms with Crippen molar-refractivity contribution in [1.29, 1.82) is 0 Å². The number of rotatable bonds is 11. The highest BCUT2D eigenvalue weighted by molar-refractivity contribution is 7.86. The van der Waals surface area contributed by atoms with Crippen LogP contribution in [0.4, 0.5) is 10.5 Å². The molecule has 0 spiro atoms. The van der Waals surface area contributed by atoms with Crippen molar-refractivity contribution in [3.63, 3.8) is 0 Å². The number of nitrogens with two attached hydrogens (primary N) is 2. The Bertz CT molecular complexity index is 1860. The molecule has 0 fully saturated rings. The van der Waals surface area contributed by atoms with Crippen LogP contribution in [0.3, 0.4) is 0 Å². The minimum atomic E-state index is -4.64. The van der Waals surface area contributed by atoms with Crippen LogP contribution in [0.2, 0.25) is 0 Å². The second-order valence-electron chi connectivity index (χ2n) is 12.7. The minimum absolute atomic E-state index is 0.00985. The number of fused-ring (bicyclic) bond motifs is 1. The first kappa shape index (κ1) is 37.7. The fourth-order valence-electron chi connectivity index (χ4n) is 4.71. The molecule has 0 aliphatic carbocycles. The lowest BCUT2D eigenvalue weighted by Crippen LogP contribution is -2.98. The maximum absolute atomic E-state index is 12.7. The van der Waals surface area contributed by atoms with Gasteiger partial charge in [0.2, 0.25) is 5.91 Å². The van der Waals surface area contributed by atoms with E-state index in [1.165, 1.54) is 6.92 Å². The van der Waals surface area contributed by atoms with Crippen LogP contribution in [0.15, 0.2) is 50.5 Å². The van der Waals surface area contributed by atoms with Crippen molar-refractivity contribution in [2.45, 2.75) is 83.9 Å². The van der Waals surface area contributed by atoms with Gasteiger partial charge in [0.15, 0.2) is 0 Å². The number of amides is 4. The second-order valence-corrected chi connectivity index (χ2v) is 14.1. The average Bonchev–Trinajstić information content (AvgIpc) is 2.95. The molecule has 0 aliphatic heterocycles. The van der Waals surface area contributed by atoms with E-state index in [0.29, 0.717) is 23.1 Å². The van der Waals surface area contributed by atoms with Crippen LogP contribution in [0.1, 0.15) is 63.3 Å². The minimum Gasteiger partial charge on any atom is -0.444 e. The van der Waals surface area contributed by atoms with Crippen molar-refractivity contribution in [2.75, 3.05) is 5.73 Å². The molecule has 15 nitrogen and oxygen atoms in total. The SMILES string of the molecule is Cc1c(CC(=O)NCc2ccc(CC(=O)[NH2+]NC(=O)[C@@H](CC(C)C)NC(=O)OC(C)(C)C)cc2)c(=O)oc2cc(N)c(S(=O)(=O)O)cc12. The van der Waals surface area contributed by atoms with Crippen LogP contribution in [0.5, 0.6) is 0 Å². The maximum atomic E-state index is 12.7. The normalized spacial score (nSPS) is 12.4. The zero-order valence-electron chi connectivity index (χ0n) is 27.6. The van der Waals surface area contributed by atoms with E-state index in [0.717, 1.165) is 17.6 Å². The number of hydrogen-bond donors (Lipinski definition) is 6. The Kier molecular flexibility index (Phi) is 12.1. The van der Waals surface area contributed by atoms with Crippen LogP contribution in [-0.4, -0.2) is 48.4 Å². The van der Waals surface area contributed by atoms with Gasteiger partial charge < -0.3 is 25.5 Å². The smallest absolute Gasteiger partial charge is 0.408 e. The first-order valence-corrected chi connectivity index (χ1v) is 16.5. The highest BCUT2D eigenvalue weighted by Gasteiger charge is 2.27. The number of alkyl carbamates (subject to hydrolysis) is 1. The van der Waals surface area contributed by atoms with E-state index in [9.17, 15) is 36.9 Å². The number of nitrogens with one attached hydrogen (secondary N) is 3. The third-order valence-electron chi connectivity index (χ3n) is 7.01. The van der Waals surface area contributed by atoms with Gasteiger partial charge in [0.25, 0.3) is 16.0 Å². The molecule has 8 N–H and O–H groups in total. The Morgan fingerprint density at radius 3 is 2.25 bits per heavy atom. The Hall–Kier alpha value is -4.80. The summed E-state index contributed by atoms with van der Waals surface area (Å²) in [6.07, 6.45) is -0.755. The van der Waals surface area contributed by atoms with E-state index in [-0.39, 0.29) is 53.4 Å². The summed E-state index contributed by atoms with van der Waals surface area (Å²) in [5.41, 5.74) is 9.08. The lowest BCUT2D eigenvalue weighted by Gasteiger charge is -2.23. The van der Waals surface area contributed by atoms with Gasteiger partial charge in [-0.25, -0.2) is 14.4 Å². The highest BCUT2D eigenvalue weighted by Crippen LogP contribution is 2.28. The summed E-state index contributed by atoms with van der Waals surface area (Å²) in [6.45, 7) is 10.6. The van der Waals surface area contributed by atoms with Crippen LogP contribution >= 0.6 is 0 Å². The summed E-state index contributed by atoms with van der Waals surface area (Å²) in [5, 5.41) is 5.46. The van der Waals surface area contributed by atoms with Gasteiger partial charge in [-0.3, -0.25) is 14.1 Å². The van der Waals surface area contributed by atoms with Gasteiger partial charge in [0.1, 0.15) is 22.1 Å². The number of carbonyl (C=O) groups is 4. The summed E-state index contributed by atoms with van der Waals surface area (Å²) in [4.78, 5) is 62.2. The quantitative estimate of drug-likeness (QED) is 0.0420. The molecule has 1 heterocycles. The molecule has 0 saturated carbocycles. The van der Waals surface area contributed by atoms with E-state index < -0.39 is 50.2 Å². The standard InChI is InChI=1S/C32H41N5O10S/c1-17(2)11-24(35-31(42)47-32(4,5)6)29(40)37-36-28(39)12-19-7-9-20(10-8-19)16-34-27(38)14-22-18(3)21-13-26(48(43,44)45)23(33)15-25(21)46-30(22)41/h7-10,13,15,17,24H,11-12,14,16,33H2,1-6H3,(H,34,38)(H,35,42)(H,36,39)(H,37,40)(H,43,44,45)/p+1/t24-/m1/s1. The van der Waals surface area contributed by atoms with Gasteiger partial charge in [0, 0.05) is 18.0 Å². The summed E-state index contributed by atoms with van der Waals surface area (Å²) >= 11 is 0. The molecular weight excluding hydrogens is 646 g/mol. The van der Waals surface area contributed by atoms with E-state index in [2.05, 4.69) is 16.1 Å². The average molecular weight is 689 g/mol. The molecule has 0 aliphatic rings. The van der Waals surface area contributed by atoms with Crippen LogP contribution in [-0.2, 0) is 48.6 Å². The molecule has 4 amide bonds. The van der Waals surface area contributed by atoms with Gasteiger partial charge in [-0.15, -0.1) is 0 Å². The molecular formula is C32H42N5O10S+. The fourth-order valence-corrected chi connectivity index (χ4v) is 5.34. The maximum Gasteiger partial charge on any atom is 0.408 e. The summed E-state index contributed by atoms with van der Waals surface area (Å²) in [5.74, 6) is -1.34. The molecule has 48 heavy (non-hydrogen) atoms. The van der Waals surface area contributed by atoms with Crippen molar-refractivity contribution in [1.82, 2.24) is 16.1 Å². The van der Waals surface area contributed by atoms with Crippen LogP contribution in [0.25, 0.3) is 11.0 Å². The molecule has 2 aromatic carbocycles. The van der Waals surface area contributed by atoms with Gasteiger partial charge in [0.05, 0.1) is 24.1 Å². The number of primary amides is 1. The Morgan fingerprint density at radius 1 is 1.04 bits per heavy atom. The number of nitrogen functional groups attached to an aromatic ring is 1. The molecule has 260 valence electrons. The topological polar surface area (TPSA) is 241 Å². The largest absolute Gasteiger partial charge is 0.444 e. The Balaban J connectivity index is 1.55. The number of benzene rings is 2. The number of carbonyl (C=O) groups excluding carboxylic acids is 4. The number of hydrogen-bond acceptors (Lipinski definition) is 10. The summed E-state index contributed by atoms with van der Waals surface area (Å²) in [6, 6.07) is 8.13. The number of anilines is 1. The zero-order chi connectivity index (χ0) is 36.0. The lowest BCUT2D eigenvalue weighted by atomic mass is 10.0. The van der Waals surface area contributed by atoms with Gasteiger partial charge >= 0.3 is 17.6 Å². The number of ether oxygens (including phenoxy) is 1. The zero-order valence-corrected chi connectivity index (χ0v) is 28.4. The van der Waals surface area contributed by atoms with Crippen molar-refractivity contribution in [3.05, 3.63) is 69.1 Å². The van der Waals surface area contributed by atoms with Crippen molar-refractivity contribution < 1.29 is 46.7 Å². The van der Waals surface area contributed by atoms with E-state index in [1.54, 1.807) is 45.0 Å². The highest BCUT2D eigenvalue weighted by atomic mass is 32.2. The lowest BCUT2D eigenvalue weighted by molar-refractivity contribution is -0.614. The summed E-state index contributed by atoms with van der Waals surface area (Å²) < 4.78 is 43.3. The predicted octanol–water partition coefficient (Wildman–Crippen LogP) is 1.39. The molecule has 0 radical (unpaired) electrons. The Labute approximate surface area is 277 Å². The fraction of sp³-hybridized carbons (Fsp3) is 0.406. The molecule has 0 bridgehead atoms. The predicted molar refractivity (Wildman–Crippen MR) is 175 cm³/mol. The number of quaternary nitrogens is 1. The third-order valence-corrected chi connectivity index (χ3v) is 7.92. The molecule has 1 aromatic heterocycles. The van der Waals surface area contributed by atoms with Crippen LogP contribution < -0.4 is 32.8 Å². The Morgan fingerprint density at radius 2 is 1.67 bits per heavy atom.